The van der Waals surface area contributed by atoms with Gasteiger partial charge in [0.05, 0.1) is 4.88 Å². The van der Waals surface area contributed by atoms with E-state index in [-0.39, 0.29) is 18.8 Å². The molecule has 0 saturated carbocycles. The van der Waals surface area contributed by atoms with Crippen LogP contribution in [0.5, 0.6) is 0 Å². The van der Waals surface area contributed by atoms with Crippen molar-refractivity contribution in [3.8, 4) is 10.6 Å². The Morgan fingerprint density at radius 2 is 1.73 bits per heavy atom. The maximum Gasteiger partial charge on any atom is 0.274 e. The Kier molecular flexibility index (Phi) is 5.37. The molecular formula is C17H13F2N3O3S. The van der Waals surface area contributed by atoms with Crippen LogP contribution in [0.4, 0.5) is 8.78 Å². The fraction of sp³-hybridized carbons (Fsp3) is 0.118. The summed E-state index contributed by atoms with van der Waals surface area (Å²) in [5, 5.41) is 6.76. The van der Waals surface area contributed by atoms with Gasteiger partial charge in [-0.25, -0.2) is 13.8 Å². The van der Waals surface area contributed by atoms with Crippen molar-refractivity contribution < 1.29 is 22.8 Å². The number of rotatable bonds is 6. The zero-order chi connectivity index (χ0) is 18.5. The summed E-state index contributed by atoms with van der Waals surface area (Å²) in [6.45, 7) is 0.0436. The van der Waals surface area contributed by atoms with Crippen molar-refractivity contribution in [2.24, 2.45) is 0 Å². The van der Waals surface area contributed by atoms with Gasteiger partial charge in [0.15, 0.2) is 17.8 Å². The summed E-state index contributed by atoms with van der Waals surface area (Å²) < 4.78 is 32.3. The van der Waals surface area contributed by atoms with Crippen LogP contribution < -0.4 is 10.6 Å². The van der Waals surface area contributed by atoms with E-state index in [1.165, 1.54) is 23.8 Å². The van der Waals surface area contributed by atoms with Crippen LogP contribution in [0.2, 0.25) is 0 Å². The third kappa shape index (κ3) is 3.77. The first-order valence-electron chi connectivity index (χ1n) is 7.55. The number of carbonyl (C=O) groups is 2. The molecular weight excluding hydrogens is 364 g/mol. The minimum Gasteiger partial charge on any atom is -0.442 e. The summed E-state index contributed by atoms with van der Waals surface area (Å²) in [7, 11) is 0. The second kappa shape index (κ2) is 7.87. The van der Waals surface area contributed by atoms with Gasteiger partial charge in [0.2, 0.25) is 0 Å². The standard InChI is InChI=1S/C17H13F2N3O3S/c18-10-3-1-4-11(19)13(10)16(23)20-6-7-21-17(24)14-15(25-9-22-14)12-5-2-8-26-12/h1-5,8-9H,6-7H2,(H,20,23)(H,21,24). The number of nitrogens with one attached hydrogen (secondary N) is 2. The number of nitrogens with zero attached hydrogens (tertiary/aromatic N) is 1. The van der Waals surface area contributed by atoms with Crippen LogP contribution in [0.15, 0.2) is 46.5 Å². The summed E-state index contributed by atoms with van der Waals surface area (Å²) in [6.07, 6.45) is 1.17. The first kappa shape index (κ1) is 17.7. The van der Waals surface area contributed by atoms with Crippen LogP contribution in [-0.2, 0) is 0 Å². The van der Waals surface area contributed by atoms with Crippen molar-refractivity contribution in [2.75, 3.05) is 13.1 Å². The Morgan fingerprint density at radius 3 is 2.38 bits per heavy atom. The van der Waals surface area contributed by atoms with Gasteiger partial charge < -0.3 is 15.1 Å². The first-order valence-corrected chi connectivity index (χ1v) is 8.43. The fourth-order valence-electron chi connectivity index (χ4n) is 2.23. The Hall–Kier alpha value is -3.07. The average molecular weight is 377 g/mol. The summed E-state index contributed by atoms with van der Waals surface area (Å²) >= 11 is 1.40. The molecule has 0 fully saturated rings. The normalized spacial score (nSPS) is 10.5. The van der Waals surface area contributed by atoms with Gasteiger partial charge in [0, 0.05) is 13.1 Å². The third-order valence-electron chi connectivity index (χ3n) is 3.41. The van der Waals surface area contributed by atoms with E-state index in [9.17, 15) is 18.4 Å². The van der Waals surface area contributed by atoms with Crippen LogP contribution in [0.25, 0.3) is 10.6 Å². The molecule has 1 aromatic carbocycles. The molecule has 0 bridgehead atoms. The van der Waals surface area contributed by atoms with Crippen LogP contribution in [0.1, 0.15) is 20.8 Å². The zero-order valence-corrected chi connectivity index (χ0v) is 14.1. The number of carbonyl (C=O) groups excluding carboxylic acids is 2. The summed E-state index contributed by atoms with van der Waals surface area (Å²) in [5.74, 6) is -2.91. The molecule has 3 aromatic rings. The molecule has 0 unspecified atom stereocenters. The Labute approximate surface area is 150 Å². The summed E-state index contributed by atoms with van der Waals surface area (Å²) in [5.41, 5.74) is -0.533. The predicted molar refractivity (Wildman–Crippen MR) is 90.8 cm³/mol. The van der Waals surface area contributed by atoms with Crippen LogP contribution in [0.3, 0.4) is 0 Å². The quantitative estimate of drug-likeness (QED) is 0.647. The smallest absolute Gasteiger partial charge is 0.274 e. The molecule has 0 aliphatic carbocycles. The number of benzene rings is 1. The van der Waals surface area contributed by atoms with E-state index in [4.69, 9.17) is 4.42 Å². The third-order valence-corrected chi connectivity index (χ3v) is 4.28. The van der Waals surface area contributed by atoms with Crippen molar-refractivity contribution in [2.45, 2.75) is 0 Å². The molecule has 0 saturated heterocycles. The maximum atomic E-state index is 13.5. The highest BCUT2D eigenvalue weighted by Crippen LogP contribution is 2.27. The SMILES string of the molecule is O=C(NCCNC(=O)c1c(F)cccc1F)c1ncoc1-c1cccs1. The lowest BCUT2D eigenvalue weighted by atomic mass is 10.2. The van der Waals surface area contributed by atoms with Crippen molar-refractivity contribution in [1.29, 1.82) is 0 Å². The fourth-order valence-corrected chi connectivity index (χ4v) is 2.94. The second-order valence-corrected chi connectivity index (χ2v) is 6.06. The molecule has 2 amide bonds. The monoisotopic (exact) mass is 377 g/mol. The maximum absolute atomic E-state index is 13.5. The largest absolute Gasteiger partial charge is 0.442 e. The first-order chi connectivity index (χ1) is 12.6. The number of halogens is 2. The van der Waals surface area contributed by atoms with Gasteiger partial charge in [-0.2, -0.15) is 0 Å². The van der Waals surface area contributed by atoms with Gasteiger partial charge in [0.25, 0.3) is 11.8 Å². The molecule has 9 heteroatoms. The highest BCUT2D eigenvalue weighted by molar-refractivity contribution is 7.13. The van der Waals surface area contributed by atoms with Crippen molar-refractivity contribution in [3.05, 3.63) is 65.0 Å². The van der Waals surface area contributed by atoms with Crippen LogP contribution >= 0.6 is 11.3 Å². The number of thiophene rings is 1. The van der Waals surface area contributed by atoms with E-state index < -0.39 is 29.0 Å². The molecule has 134 valence electrons. The number of amides is 2. The second-order valence-electron chi connectivity index (χ2n) is 5.12. The van der Waals surface area contributed by atoms with E-state index in [0.29, 0.717) is 5.76 Å². The molecule has 26 heavy (non-hydrogen) atoms. The molecule has 0 spiro atoms. The van der Waals surface area contributed by atoms with Crippen molar-refractivity contribution in [1.82, 2.24) is 15.6 Å². The van der Waals surface area contributed by atoms with Gasteiger partial charge in [0.1, 0.15) is 17.2 Å². The number of hydrogen-bond donors (Lipinski definition) is 2. The lowest BCUT2D eigenvalue weighted by molar-refractivity contribution is 0.0921. The Morgan fingerprint density at radius 1 is 1.04 bits per heavy atom. The molecule has 3 rings (SSSR count). The van der Waals surface area contributed by atoms with Gasteiger partial charge >= 0.3 is 0 Å². The molecule has 2 heterocycles. The van der Waals surface area contributed by atoms with E-state index in [2.05, 4.69) is 15.6 Å². The average Bonchev–Trinajstić information content (AvgIpc) is 3.28. The number of aromatic nitrogens is 1. The molecule has 0 atom stereocenters. The van der Waals surface area contributed by atoms with Crippen molar-refractivity contribution in [3.63, 3.8) is 0 Å². The molecule has 0 aliphatic heterocycles. The van der Waals surface area contributed by atoms with Gasteiger partial charge in [-0.05, 0) is 23.6 Å². The number of oxazole rings is 1. The Bertz CT molecular complexity index is 905. The Balaban J connectivity index is 1.54. The van der Waals surface area contributed by atoms with E-state index >= 15 is 0 Å². The molecule has 0 aliphatic rings. The van der Waals surface area contributed by atoms with E-state index in [1.807, 2.05) is 11.4 Å². The zero-order valence-electron chi connectivity index (χ0n) is 13.3. The van der Waals surface area contributed by atoms with E-state index in [0.717, 1.165) is 17.0 Å². The predicted octanol–water partition coefficient (Wildman–Crippen LogP) is 2.84. The lowest BCUT2D eigenvalue weighted by Crippen LogP contribution is -2.35. The highest BCUT2D eigenvalue weighted by atomic mass is 32.1. The topological polar surface area (TPSA) is 84.2 Å². The minimum absolute atomic E-state index is 0.00939. The van der Waals surface area contributed by atoms with Crippen LogP contribution in [-0.4, -0.2) is 29.9 Å². The summed E-state index contributed by atoms with van der Waals surface area (Å²) in [4.78, 5) is 28.7. The molecule has 0 radical (unpaired) electrons. The number of hydrogen-bond acceptors (Lipinski definition) is 5. The summed E-state index contributed by atoms with van der Waals surface area (Å²) in [6, 6.07) is 6.78. The lowest BCUT2D eigenvalue weighted by Gasteiger charge is -2.08. The van der Waals surface area contributed by atoms with Crippen LogP contribution in [0, 0.1) is 11.6 Å². The minimum atomic E-state index is -0.949. The molecule has 2 aromatic heterocycles. The highest BCUT2D eigenvalue weighted by Gasteiger charge is 2.19. The van der Waals surface area contributed by atoms with E-state index in [1.54, 1.807) is 6.07 Å². The molecule has 6 nitrogen and oxygen atoms in total. The molecule has 2 N–H and O–H groups in total. The van der Waals surface area contributed by atoms with Crippen molar-refractivity contribution >= 4 is 23.2 Å². The van der Waals surface area contributed by atoms with Gasteiger partial charge in [-0.15, -0.1) is 11.3 Å². The van der Waals surface area contributed by atoms with Gasteiger partial charge in [-0.3, -0.25) is 9.59 Å². The van der Waals surface area contributed by atoms with Gasteiger partial charge in [-0.1, -0.05) is 12.1 Å².